The third kappa shape index (κ3) is 5.15. The van der Waals surface area contributed by atoms with Gasteiger partial charge in [-0.1, -0.05) is 36.9 Å². The third-order valence-corrected chi connectivity index (χ3v) is 9.44. The number of nitrogens with one attached hydrogen (secondary N) is 4. The molecule has 3 fully saturated rings. The number of piperidine rings is 1. The van der Waals surface area contributed by atoms with E-state index in [-0.39, 0.29) is 47.3 Å². The standard InChI is InChI=1S/C29H34N6O4S/c1-3-22(36)32-17-9-10-18(14-17)33-27(37)26-25-24-20(11-12-30-28(24)40-26)35(29(38)34-25)21-15-31-23(13-16(21)2)39-19-7-5-4-6-8-19/h4-8,13,15,17-18,20,24,28,30H,3,9-12,14H2,1-2H3,(H,32,36)(H,33,37)(H,34,38)/t17-,18-,20?,24?,28?/m0/s1. The predicted octanol–water partition coefficient (Wildman–Crippen LogP) is 3.54. The lowest BCUT2D eigenvalue weighted by Crippen LogP contribution is -2.62. The number of aromatic nitrogens is 1. The van der Waals surface area contributed by atoms with Crippen LogP contribution in [-0.4, -0.2) is 52.9 Å². The second-order valence-electron chi connectivity index (χ2n) is 10.7. The Morgan fingerprint density at radius 1 is 1.15 bits per heavy atom. The fourth-order valence-corrected chi connectivity index (χ4v) is 7.57. The summed E-state index contributed by atoms with van der Waals surface area (Å²) >= 11 is 1.49. The van der Waals surface area contributed by atoms with Crippen LogP contribution >= 0.6 is 11.8 Å². The molecule has 6 rings (SSSR count). The lowest BCUT2D eigenvalue weighted by molar-refractivity contribution is -0.121. The van der Waals surface area contributed by atoms with E-state index in [4.69, 9.17) is 4.74 Å². The molecular formula is C29H34N6O4S. The Hall–Kier alpha value is -3.57. The monoisotopic (exact) mass is 562 g/mol. The van der Waals surface area contributed by atoms with Gasteiger partial charge in [0, 0.05) is 36.2 Å². The van der Waals surface area contributed by atoms with Crippen LogP contribution in [0.4, 0.5) is 10.5 Å². The van der Waals surface area contributed by atoms with E-state index in [1.807, 2.05) is 50.2 Å². The number of hydrogen-bond acceptors (Lipinski definition) is 7. The van der Waals surface area contributed by atoms with Crippen molar-refractivity contribution in [3.8, 4) is 11.6 Å². The summed E-state index contributed by atoms with van der Waals surface area (Å²) in [5, 5.41) is 12.8. The van der Waals surface area contributed by atoms with Gasteiger partial charge in [-0.25, -0.2) is 9.78 Å². The molecule has 210 valence electrons. The molecule has 0 radical (unpaired) electrons. The van der Waals surface area contributed by atoms with Gasteiger partial charge < -0.3 is 26.0 Å². The van der Waals surface area contributed by atoms with Gasteiger partial charge in [-0.3, -0.25) is 14.5 Å². The second kappa shape index (κ2) is 11.1. The highest BCUT2D eigenvalue weighted by molar-refractivity contribution is 8.04. The molecule has 5 atom stereocenters. The number of thioether (sulfide) groups is 1. The summed E-state index contributed by atoms with van der Waals surface area (Å²) in [6.07, 6.45) is 5.29. The summed E-state index contributed by atoms with van der Waals surface area (Å²) < 4.78 is 5.89. The highest BCUT2D eigenvalue weighted by Gasteiger charge is 2.52. The first-order valence-corrected chi connectivity index (χ1v) is 14.8. The van der Waals surface area contributed by atoms with E-state index < -0.39 is 0 Å². The first-order valence-electron chi connectivity index (χ1n) is 14.0. The summed E-state index contributed by atoms with van der Waals surface area (Å²) in [6, 6.07) is 11.0. The number of pyridine rings is 1. The van der Waals surface area contributed by atoms with Gasteiger partial charge in [-0.15, -0.1) is 0 Å². The average molecular weight is 563 g/mol. The zero-order valence-electron chi connectivity index (χ0n) is 22.6. The Bertz CT molecular complexity index is 1350. The number of urea groups is 1. The normalized spacial score (nSPS) is 27.2. The highest BCUT2D eigenvalue weighted by Crippen LogP contribution is 2.48. The number of carbonyl (C=O) groups excluding carboxylic acids is 3. The quantitative estimate of drug-likeness (QED) is 0.407. The molecule has 4 N–H and O–H groups in total. The first kappa shape index (κ1) is 26.6. The fourth-order valence-electron chi connectivity index (χ4n) is 6.17. The average Bonchev–Trinajstić information content (AvgIpc) is 3.55. The molecule has 4 aliphatic rings. The molecule has 1 saturated carbocycles. The van der Waals surface area contributed by atoms with Crippen LogP contribution in [0, 0.1) is 12.8 Å². The van der Waals surface area contributed by atoms with Gasteiger partial charge in [-0.2, -0.15) is 0 Å². The number of aryl methyl sites for hydroxylation is 1. The summed E-state index contributed by atoms with van der Waals surface area (Å²) in [5.41, 5.74) is 2.32. The number of para-hydroxylation sites is 1. The van der Waals surface area contributed by atoms with Crippen molar-refractivity contribution in [3.63, 3.8) is 0 Å². The van der Waals surface area contributed by atoms with Gasteiger partial charge in [0.1, 0.15) is 5.75 Å². The molecule has 11 heteroatoms. The van der Waals surface area contributed by atoms with Crippen LogP contribution in [0.1, 0.15) is 44.6 Å². The van der Waals surface area contributed by atoms with Gasteiger partial charge in [0.25, 0.3) is 5.91 Å². The molecule has 40 heavy (non-hydrogen) atoms. The number of rotatable bonds is 7. The molecule has 0 spiro atoms. The zero-order chi connectivity index (χ0) is 27.8. The van der Waals surface area contributed by atoms with Crippen molar-refractivity contribution in [2.24, 2.45) is 5.92 Å². The van der Waals surface area contributed by atoms with Gasteiger partial charge in [0.15, 0.2) is 0 Å². The Balaban J connectivity index is 1.19. The van der Waals surface area contributed by atoms with E-state index in [1.165, 1.54) is 11.8 Å². The highest BCUT2D eigenvalue weighted by atomic mass is 32.2. The van der Waals surface area contributed by atoms with E-state index in [2.05, 4.69) is 26.3 Å². The zero-order valence-corrected chi connectivity index (χ0v) is 23.4. The molecule has 2 saturated heterocycles. The van der Waals surface area contributed by atoms with Gasteiger partial charge in [0.2, 0.25) is 11.8 Å². The minimum atomic E-state index is -0.255. The largest absolute Gasteiger partial charge is 0.439 e. The topological polar surface area (TPSA) is 125 Å². The summed E-state index contributed by atoms with van der Waals surface area (Å²) in [4.78, 5) is 45.7. The first-order chi connectivity index (χ1) is 19.4. The molecule has 1 aliphatic carbocycles. The number of anilines is 1. The minimum absolute atomic E-state index is 0.00382. The Morgan fingerprint density at radius 3 is 2.67 bits per heavy atom. The van der Waals surface area contributed by atoms with Crippen LogP contribution in [0.15, 0.2) is 53.2 Å². The lowest BCUT2D eigenvalue weighted by Gasteiger charge is -2.46. The maximum atomic E-state index is 13.6. The smallest absolute Gasteiger partial charge is 0.326 e. The lowest BCUT2D eigenvalue weighted by atomic mass is 9.86. The molecular weight excluding hydrogens is 528 g/mol. The SMILES string of the molecule is CCC(=O)N[C@H]1CC[C@H](NC(=O)C2=C3NC(=O)N(c4cnc(Oc5ccccc5)cc4C)C4CCNC(S2)C34)C1. The number of amides is 4. The van der Waals surface area contributed by atoms with E-state index >= 15 is 0 Å². The summed E-state index contributed by atoms with van der Waals surface area (Å²) in [6.45, 7) is 4.53. The Labute approximate surface area is 237 Å². The minimum Gasteiger partial charge on any atom is -0.439 e. The van der Waals surface area contributed by atoms with Crippen molar-refractivity contribution in [2.45, 2.75) is 69.5 Å². The van der Waals surface area contributed by atoms with Crippen LogP contribution in [0.3, 0.4) is 0 Å². The van der Waals surface area contributed by atoms with E-state index in [0.29, 0.717) is 28.7 Å². The molecule has 1 aromatic carbocycles. The van der Waals surface area contributed by atoms with Crippen LogP contribution in [-0.2, 0) is 9.59 Å². The van der Waals surface area contributed by atoms with Gasteiger partial charge in [-0.05, 0) is 56.8 Å². The van der Waals surface area contributed by atoms with Crippen molar-refractivity contribution in [1.29, 1.82) is 0 Å². The molecule has 4 heterocycles. The third-order valence-electron chi connectivity index (χ3n) is 8.08. The second-order valence-corrected chi connectivity index (χ2v) is 11.9. The van der Waals surface area contributed by atoms with Gasteiger partial charge >= 0.3 is 6.03 Å². The Kier molecular flexibility index (Phi) is 7.41. The summed E-state index contributed by atoms with van der Waals surface area (Å²) in [7, 11) is 0. The van der Waals surface area contributed by atoms with Crippen molar-refractivity contribution in [3.05, 3.63) is 58.8 Å². The molecule has 3 unspecified atom stereocenters. The number of benzene rings is 1. The number of nitrogens with zero attached hydrogens (tertiary/aromatic N) is 2. The fraction of sp³-hybridized carbons (Fsp3) is 0.448. The molecule has 0 bridgehead atoms. The maximum Gasteiger partial charge on any atom is 0.326 e. The van der Waals surface area contributed by atoms with Crippen LogP contribution in [0.5, 0.6) is 11.6 Å². The van der Waals surface area contributed by atoms with E-state index in [1.54, 1.807) is 11.1 Å². The van der Waals surface area contributed by atoms with E-state index in [0.717, 1.165) is 43.5 Å². The van der Waals surface area contributed by atoms with Crippen LogP contribution < -0.4 is 30.9 Å². The molecule has 2 aromatic rings. The maximum absolute atomic E-state index is 13.6. The van der Waals surface area contributed by atoms with Crippen molar-refractivity contribution >= 4 is 35.3 Å². The van der Waals surface area contributed by atoms with Crippen molar-refractivity contribution < 1.29 is 19.1 Å². The summed E-state index contributed by atoms with van der Waals surface area (Å²) in [5.74, 6) is 0.995. The van der Waals surface area contributed by atoms with Crippen molar-refractivity contribution in [2.75, 3.05) is 11.4 Å². The van der Waals surface area contributed by atoms with Crippen LogP contribution in [0.2, 0.25) is 0 Å². The number of ether oxygens (including phenoxy) is 1. The molecule has 1 aromatic heterocycles. The van der Waals surface area contributed by atoms with Crippen molar-refractivity contribution in [1.82, 2.24) is 26.3 Å². The number of hydrogen-bond donors (Lipinski definition) is 4. The van der Waals surface area contributed by atoms with E-state index in [9.17, 15) is 14.4 Å². The Morgan fingerprint density at radius 2 is 1.93 bits per heavy atom. The molecule has 10 nitrogen and oxygen atoms in total. The predicted molar refractivity (Wildman–Crippen MR) is 153 cm³/mol. The molecule has 3 aliphatic heterocycles. The molecule has 4 amide bonds. The van der Waals surface area contributed by atoms with Gasteiger partial charge in [0.05, 0.1) is 28.2 Å². The van der Waals surface area contributed by atoms with Crippen LogP contribution in [0.25, 0.3) is 0 Å². The number of carbonyl (C=O) groups is 3.